The fraction of sp³-hybridized carbons (Fsp3) is 0.316. The molecule has 0 fully saturated rings. The van der Waals surface area contributed by atoms with E-state index in [0.29, 0.717) is 18.2 Å². The van der Waals surface area contributed by atoms with Gasteiger partial charge < -0.3 is 9.88 Å². The van der Waals surface area contributed by atoms with Crippen molar-refractivity contribution in [2.45, 2.75) is 33.2 Å². The molecule has 2 aromatic heterocycles. The number of para-hydroxylation sites is 1. The van der Waals surface area contributed by atoms with Crippen LogP contribution in [0.15, 0.2) is 43.0 Å². The summed E-state index contributed by atoms with van der Waals surface area (Å²) < 4.78 is 2.04. The topological polar surface area (TPSA) is 59.8 Å². The van der Waals surface area contributed by atoms with Crippen LogP contribution in [0.3, 0.4) is 0 Å². The fourth-order valence-electron chi connectivity index (χ4n) is 2.88. The SMILES string of the molecule is Cc1cc(C(=O)NCCC(C)n2ccnc2)c2cccc(C)c2n1. The number of fused-ring (bicyclic) bond motifs is 1. The van der Waals surface area contributed by atoms with Crippen LogP contribution >= 0.6 is 0 Å². The molecule has 1 amide bonds. The van der Waals surface area contributed by atoms with E-state index in [0.717, 1.165) is 28.6 Å². The van der Waals surface area contributed by atoms with Crippen LogP contribution in [0.2, 0.25) is 0 Å². The molecule has 1 aromatic carbocycles. The highest BCUT2D eigenvalue weighted by molar-refractivity contribution is 6.06. The van der Waals surface area contributed by atoms with Crippen LogP contribution in [0, 0.1) is 13.8 Å². The third-order valence-corrected chi connectivity index (χ3v) is 4.30. The van der Waals surface area contributed by atoms with Crippen LogP contribution in [0.4, 0.5) is 0 Å². The summed E-state index contributed by atoms with van der Waals surface area (Å²) in [7, 11) is 0. The number of hydrogen-bond acceptors (Lipinski definition) is 3. The molecule has 1 atom stereocenters. The van der Waals surface area contributed by atoms with Crippen LogP contribution in [0.1, 0.15) is 41.0 Å². The molecule has 24 heavy (non-hydrogen) atoms. The molecule has 1 N–H and O–H groups in total. The predicted molar refractivity (Wildman–Crippen MR) is 95.1 cm³/mol. The highest BCUT2D eigenvalue weighted by Crippen LogP contribution is 2.21. The second-order valence-electron chi connectivity index (χ2n) is 6.19. The Morgan fingerprint density at radius 2 is 2.17 bits per heavy atom. The van der Waals surface area contributed by atoms with Crippen molar-refractivity contribution in [3.63, 3.8) is 0 Å². The Morgan fingerprint density at radius 1 is 1.33 bits per heavy atom. The van der Waals surface area contributed by atoms with E-state index >= 15 is 0 Å². The number of hydrogen-bond donors (Lipinski definition) is 1. The summed E-state index contributed by atoms with van der Waals surface area (Å²) in [4.78, 5) is 21.3. The third-order valence-electron chi connectivity index (χ3n) is 4.30. The average Bonchev–Trinajstić information content (AvgIpc) is 3.09. The summed E-state index contributed by atoms with van der Waals surface area (Å²) in [6, 6.07) is 8.09. The first kappa shape index (κ1) is 16.2. The van der Waals surface area contributed by atoms with Gasteiger partial charge in [-0.15, -0.1) is 0 Å². The van der Waals surface area contributed by atoms with Crippen LogP contribution in [-0.4, -0.2) is 27.0 Å². The van der Waals surface area contributed by atoms with Gasteiger partial charge in [-0.25, -0.2) is 4.98 Å². The van der Waals surface area contributed by atoms with Gasteiger partial charge in [0, 0.05) is 36.1 Å². The third kappa shape index (κ3) is 3.30. The molecule has 0 bridgehead atoms. The molecule has 0 saturated heterocycles. The number of carbonyl (C=O) groups is 1. The molecule has 0 saturated carbocycles. The van der Waals surface area contributed by atoms with E-state index in [1.807, 2.05) is 48.9 Å². The van der Waals surface area contributed by atoms with Gasteiger partial charge in [0.05, 0.1) is 17.4 Å². The summed E-state index contributed by atoms with van der Waals surface area (Å²) in [6.07, 6.45) is 6.36. The van der Waals surface area contributed by atoms with Gasteiger partial charge in [0.1, 0.15) is 0 Å². The van der Waals surface area contributed by atoms with E-state index in [2.05, 4.69) is 22.2 Å². The lowest BCUT2D eigenvalue weighted by Gasteiger charge is -2.14. The predicted octanol–water partition coefficient (Wildman–Crippen LogP) is 3.43. The Morgan fingerprint density at radius 3 is 2.92 bits per heavy atom. The molecule has 0 aliphatic carbocycles. The highest BCUT2D eigenvalue weighted by Gasteiger charge is 2.13. The summed E-state index contributed by atoms with van der Waals surface area (Å²) >= 11 is 0. The van der Waals surface area contributed by atoms with E-state index < -0.39 is 0 Å². The Balaban J connectivity index is 1.73. The maximum atomic E-state index is 12.6. The van der Waals surface area contributed by atoms with E-state index in [9.17, 15) is 4.79 Å². The number of rotatable bonds is 5. The maximum absolute atomic E-state index is 12.6. The second-order valence-corrected chi connectivity index (χ2v) is 6.19. The summed E-state index contributed by atoms with van der Waals surface area (Å²) in [5, 5.41) is 3.93. The molecule has 0 aliphatic rings. The number of carbonyl (C=O) groups excluding carboxylic acids is 1. The molecular weight excluding hydrogens is 300 g/mol. The normalized spacial score (nSPS) is 12.3. The lowest BCUT2D eigenvalue weighted by molar-refractivity contribution is 0.0953. The average molecular weight is 322 g/mol. The van der Waals surface area contributed by atoms with Crippen LogP contribution < -0.4 is 5.32 Å². The number of aryl methyl sites for hydroxylation is 2. The van der Waals surface area contributed by atoms with Gasteiger partial charge in [0.2, 0.25) is 0 Å². The zero-order valence-corrected chi connectivity index (χ0v) is 14.3. The Hall–Kier alpha value is -2.69. The minimum Gasteiger partial charge on any atom is -0.352 e. The van der Waals surface area contributed by atoms with E-state index in [1.54, 1.807) is 12.5 Å². The minimum atomic E-state index is -0.0473. The van der Waals surface area contributed by atoms with Crippen LogP contribution in [-0.2, 0) is 0 Å². The highest BCUT2D eigenvalue weighted by atomic mass is 16.1. The molecule has 3 aromatic rings. The minimum absolute atomic E-state index is 0.0473. The molecule has 2 heterocycles. The molecule has 0 aliphatic heterocycles. The number of benzene rings is 1. The van der Waals surface area contributed by atoms with Gasteiger partial charge in [-0.2, -0.15) is 0 Å². The lowest BCUT2D eigenvalue weighted by atomic mass is 10.0. The summed E-state index contributed by atoms with van der Waals surface area (Å²) in [5.74, 6) is -0.0473. The summed E-state index contributed by atoms with van der Waals surface area (Å²) in [5.41, 5.74) is 3.53. The molecule has 0 spiro atoms. The number of imidazole rings is 1. The van der Waals surface area contributed by atoms with E-state index in [1.165, 1.54) is 0 Å². The van der Waals surface area contributed by atoms with Crippen molar-refractivity contribution in [1.82, 2.24) is 19.9 Å². The fourth-order valence-corrected chi connectivity index (χ4v) is 2.88. The molecule has 3 rings (SSSR count). The Labute approximate surface area is 141 Å². The quantitative estimate of drug-likeness (QED) is 0.783. The second kappa shape index (κ2) is 6.83. The zero-order valence-electron chi connectivity index (χ0n) is 14.3. The molecular formula is C19H22N4O. The van der Waals surface area contributed by atoms with Gasteiger partial charge >= 0.3 is 0 Å². The van der Waals surface area contributed by atoms with Crippen LogP contribution in [0.25, 0.3) is 10.9 Å². The van der Waals surface area contributed by atoms with Gasteiger partial charge in [-0.1, -0.05) is 18.2 Å². The zero-order chi connectivity index (χ0) is 17.1. The van der Waals surface area contributed by atoms with Crippen molar-refractivity contribution in [1.29, 1.82) is 0 Å². The van der Waals surface area contributed by atoms with Gasteiger partial charge in [-0.05, 0) is 38.8 Å². The van der Waals surface area contributed by atoms with Crippen molar-refractivity contribution in [3.05, 3.63) is 59.8 Å². The number of pyridine rings is 1. The summed E-state index contributed by atoms with van der Waals surface area (Å²) in [6.45, 7) is 6.67. The lowest BCUT2D eigenvalue weighted by Crippen LogP contribution is -2.26. The number of nitrogens with one attached hydrogen (secondary N) is 1. The first-order valence-corrected chi connectivity index (χ1v) is 8.19. The van der Waals surface area contributed by atoms with E-state index in [-0.39, 0.29) is 5.91 Å². The van der Waals surface area contributed by atoms with Crippen molar-refractivity contribution in [2.24, 2.45) is 0 Å². The molecule has 0 radical (unpaired) electrons. The molecule has 124 valence electrons. The first-order valence-electron chi connectivity index (χ1n) is 8.19. The molecule has 5 heteroatoms. The monoisotopic (exact) mass is 322 g/mol. The van der Waals surface area contributed by atoms with Crippen LogP contribution in [0.5, 0.6) is 0 Å². The van der Waals surface area contributed by atoms with Crippen molar-refractivity contribution in [2.75, 3.05) is 6.54 Å². The van der Waals surface area contributed by atoms with E-state index in [4.69, 9.17) is 0 Å². The Bertz CT molecular complexity index is 855. The first-order chi connectivity index (χ1) is 11.6. The Kier molecular flexibility index (Phi) is 4.60. The van der Waals surface area contributed by atoms with Crippen molar-refractivity contribution >= 4 is 16.8 Å². The van der Waals surface area contributed by atoms with Gasteiger partial charge in [0.15, 0.2) is 0 Å². The molecule has 1 unspecified atom stereocenters. The largest absolute Gasteiger partial charge is 0.352 e. The van der Waals surface area contributed by atoms with Gasteiger partial charge in [-0.3, -0.25) is 9.78 Å². The number of nitrogens with zero attached hydrogens (tertiary/aromatic N) is 3. The molecule has 5 nitrogen and oxygen atoms in total. The number of amides is 1. The standard InChI is InChI=1S/C19H22N4O/c1-13-5-4-6-16-17(11-14(2)22-18(13)16)19(24)21-8-7-15(3)23-10-9-20-12-23/h4-6,9-12,15H,7-8H2,1-3H3,(H,21,24). The van der Waals surface area contributed by atoms with Gasteiger partial charge in [0.25, 0.3) is 5.91 Å². The number of aromatic nitrogens is 3. The smallest absolute Gasteiger partial charge is 0.252 e. The maximum Gasteiger partial charge on any atom is 0.252 e. The van der Waals surface area contributed by atoms with Crippen molar-refractivity contribution < 1.29 is 4.79 Å². The van der Waals surface area contributed by atoms with Crippen molar-refractivity contribution in [3.8, 4) is 0 Å².